The van der Waals surface area contributed by atoms with E-state index < -0.39 is 6.61 Å². The molecule has 0 radical (unpaired) electrons. The number of morpholine rings is 1. The fourth-order valence-electron chi connectivity index (χ4n) is 4.10. The summed E-state index contributed by atoms with van der Waals surface area (Å²) in [6.07, 6.45) is 0.317. The minimum Gasteiger partial charge on any atom is -0.434 e. The topological polar surface area (TPSA) is 76.9 Å². The zero-order valence-corrected chi connectivity index (χ0v) is 17.4. The lowest BCUT2D eigenvalue weighted by molar-refractivity contribution is -0.118. The highest BCUT2D eigenvalue weighted by atomic mass is 19.3. The van der Waals surface area contributed by atoms with Crippen LogP contribution in [0, 0.1) is 0 Å². The zero-order chi connectivity index (χ0) is 22.1. The Bertz CT molecular complexity index is 1040. The van der Waals surface area contributed by atoms with Gasteiger partial charge in [-0.1, -0.05) is 6.07 Å². The third-order valence-electron chi connectivity index (χ3n) is 5.65. The first-order valence-corrected chi connectivity index (χ1v) is 10.1. The molecular formula is C21H24F2N4O4. The molecule has 1 amide bonds. The lowest BCUT2D eigenvalue weighted by Gasteiger charge is -2.28. The van der Waals surface area contributed by atoms with Crippen molar-refractivity contribution < 1.29 is 23.0 Å². The van der Waals surface area contributed by atoms with Gasteiger partial charge in [0.1, 0.15) is 17.4 Å². The number of rotatable bonds is 5. The minimum atomic E-state index is -2.94. The van der Waals surface area contributed by atoms with E-state index in [-0.39, 0.29) is 29.7 Å². The largest absolute Gasteiger partial charge is 0.434 e. The van der Waals surface area contributed by atoms with Gasteiger partial charge in [0.05, 0.1) is 25.3 Å². The predicted octanol–water partition coefficient (Wildman–Crippen LogP) is 1.74. The van der Waals surface area contributed by atoms with Crippen molar-refractivity contribution >= 4 is 17.4 Å². The van der Waals surface area contributed by atoms with Gasteiger partial charge in [0.25, 0.3) is 5.56 Å². The van der Waals surface area contributed by atoms with Gasteiger partial charge in [0, 0.05) is 37.8 Å². The Morgan fingerprint density at radius 1 is 1.32 bits per heavy atom. The van der Waals surface area contributed by atoms with Crippen LogP contribution in [0.1, 0.15) is 18.3 Å². The van der Waals surface area contributed by atoms with Gasteiger partial charge in [-0.05, 0) is 25.5 Å². The number of halogens is 2. The Morgan fingerprint density at radius 2 is 2.06 bits per heavy atom. The second kappa shape index (κ2) is 8.62. The normalized spacial score (nSPS) is 18.4. The molecule has 0 saturated carbocycles. The molecule has 1 fully saturated rings. The maximum atomic E-state index is 13.2. The van der Waals surface area contributed by atoms with Gasteiger partial charge in [-0.25, -0.2) is 4.98 Å². The van der Waals surface area contributed by atoms with Crippen molar-refractivity contribution in [3.8, 4) is 5.75 Å². The van der Waals surface area contributed by atoms with Crippen molar-refractivity contribution in [3.05, 3.63) is 46.0 Å². The molecule has 2 aliphatic rings. The van der Waals surface area contributed by atoms with E-state index in [4.69, 9.17) is 4.74 Å². The van der Waals surface area contributed by atoms with E-state index >= 15 is 0 Å². The number of anilines is 2. The van der Waals surface area contributed by atoms with Gasteiger partial charge in [0.2, 0.25) is 5.91 Å². The van der Waals surface area contributed by atoms with Gasteiger partial charge >= 0.3 is 6.61 Å². The molecule has 3 heterocycles. The molecule has 1 unspecified atom stereocenters. The number of hydrogen-bond donors (Lipinski definition) is 0. The molecule has 4 rings (SSSR count). The summed E-state index contributed by atoms with van der Waals surface area (Å²) in [5.74, 6) is 0.688. The summed E-state index contributed by atoms with van der Waals surface area (Å²) in [7, 11) is 1.58. The first-order chi connectivity index (χ1) is 14.8. The van der Waals surface area contributed by atoms with Crippen LogP contribution in [-0.4, -0.2) is 54.4 Å². The Morgan fingerprint density at radius 3 is 2.77 bits per heavy atom. The molecule has 166 valence electrons. The molecule has 1 saturated heterocycles. The molecule has 31 heavy (non-hydrogen) atoms. The SMILES string of the molecule is CC1Cc2c(OC(F)F)cccc2N1C(=O)Cc1nc(N2CCOCC2)cc(=O)n1C. The average molecular weight is 434 g/mol. The number of nitrogens with zero attached hydrogens (tertiary/aromatic N) is 4. The summed E-state index contributed by atoms with van der Waals surface area (Å²) >= 11 is 0. The highest BCUT2D eigenvalue weighted by Gasteiger charge is 2.34. The summed E-state index contributed by atoms with van der Waals surface area (Å²) in [5, 5.41) is 0. The van der Waals surface area contributed by atoms with Gasteiger partial charge in [-0.3, -0.25) is 14.2 Å². The first kappa shape index (κ1) is 21.2. The van der Waals surface area contributed by atoms with Crippen LogP contribution in [0.25, 0.3) is 0 Å². The summed E-state index contributed by atoms with van der Waals surface area (Å²) < 4.78 is 36.8. The Hall–Kier alpha value is -3.01. The van der Waals surface area contributed by atoms with E-state index in [0.29, 0.717) is 55.6 Å². The van der Waals surface area contributed by atoms with Crippen LogP contribution >= 0.6 is 0 Å². The molecule has 2 aromatic rings. The molecule has 0 N–H and O–H groups in total. The van der Waals surface area contributed by atoms with Crippen molar-refractivity contribution in [1.82, 2.24) is 9.55 Å². The van der Waals surface area contributed by atoms with Crippen LogP contribution in [-0.2, 0) is 29.4 Å². The Kier molecular flexibility index (Phi) is 5.90. The standard InChI is InChI=1S/C21H24F2N4O4/c1-13-10-14-15(4-3-5-16(14)31-21(22)23)27(13)20(29)11-17-24-18(12-19(28)25(17)2)26-6-8-30-9-7-26/h3-5,12-13,21H,6-11H2,1-2H3. The molecule has 2 aliphatic heterocycles. The fraction of sp³-hybridized carbons (Fsp3) is 0.476. The van der Waals surface area contributed by atoms with Crippen molar-refractivity contribution in [2.24, 2.45) is 7.05 Å². The molecule has 0 aliphatic carbocycles. The van der Waals surface area contributed by atoms with E-state index in [1.165, 1.54) is 16.7 Å². The van der Waals surface area contributed by atoms with Crippen LogP contribution in [0.5, 0.6) is 5.75 Å². The molecule has 0 spiro atoms. The smallest absolute Gasteiger partial charge is 0.387 e. The number of alkyl halides is 2. The average Bonchev–Trinajstić information content (AvgIpc) is 3.08. The summed E-state index contributed by atoms with van der Waals surface area (Å²) in [6, 6.07) is 6.00. The Labute approximate surface area is 178 Å². The predicted molar refractivity (Wildman–Crippen MR) is 110 cm³/mol. The number of fused-ring (bicyclic) bond motifs is 1. The Balaban J connectivity index is 1.61. The number of carbonyl (C=O) groups is 1. The minimum absolute atomic E-state index is 0.0782. The summed E-state index contributed by atoms with van der Waals surface area (Å²) in [5.41, 5.74) is 0.874. The van der Waals surface area contributed by atoms with Crippen LogP contribution in [0.2, 0.25) is 0 Å². The van der Waals surface area contributed by atoms with E-state index in [9.17, 15) is 18.4 Å². The molecule has 1 atom stereocenters. The summed E-state index contributed by atoms with van der Waals surface area (Å²) in [4.78, 5) is 33.8. The zero-order valence-electron chi connectivity index (χ0n) is 17.4. The number of aromatic nitrogens is 2. The quantitative estimate of drug-likeness (QED) is 0.714. The van der Waals surface area contributed by atoms with E-state index in [1.807, 2.05) is 11.8 Å². The van der Waals surface area contributed by atoms with E-state index in [1.54, 1.807) is 24.1 Å². The molecule has 1 aromatic carbocycles. The van der Waals surface area contributed by atoms with E-state index in [0.717, 1.165) is 0 Å². The third kappa shape index (κ3) is 4.25. The van der Waals surface area contributed by atoms with Crippen molar-refractivity contribution in [1.29, 1.82) is 0 Å². The fourth-order valence-corrected chi connectivity index (χ4v) is 4.10. The van der Waals surface area contributed by atoms with Gasteiger partial charge < -0.3 is 19.3 Å². The number of ether oxygens (including phenoxy) is 2. The molecule has 8 nitrogen and oxygen atoms in total. The second-order valence-corrected chi connectivity index (χ2v) is 7.65. The summed E-state index contributed by atoms with van der Waals surface area (Å²) in [6.45, 7) is 1.26. The molecule has 1 aromatic heterocycles. The van der Waals surface area contributed by atoms with Crippen molar-refractivity contribution in [2.75, 3.05) is 36.1 Å². The number of hydrogen-bond acceptors (Lipinski definition) is 6. The number of amides is 1. The van der Waals surface area contributed by atoms with Crippen LogP contribution in [0.4, 0.5) is 20.3 Å². The van der Waals surface area contributed by atoms with E-state index in [2.05, 4.69) is 9.72 Å². The van der Waals surface area contributed by atoms with Gasteiger partial charge in [-0.2, -0.15) is 8.78 Å². The molecule has 0 bridgehead atoms. The third-order valence-corrected chi connectivity index (χ3v) is 5.65. The number of benzene rings is 1. The molecule has 10 heteroatoms. The monoisotopic (exact) mass is 434 g/mol. The maximum Gasteiger partial charge on any atom is 0.387 e. The maximum absolute atomic E-state index is 13.2. The van der Waals surface area contributed by atoms with Crippen molar-refractivity contribution in [3.63, 3.8) is 0 Å². The second-order valence-electron chi connectivity index (χ2n) is 7.65. The lowest BCUT2D eigenvalue weighted by atomic mass is 10.1. The first-order valence-electron chi connectivity index (χ1n) is 10.1. The molecular weight excluding hydrogens is 410 g/mol. The lowest BCUT2D eigenvalue weighted by Crippen LogP contribution is -2.40. The highest BCUT2D eigenvalue weighted by molar-refractivity contribution is 5.97. The highest BCUT2D eigenvalue weighted by Crippen LogP contribution is 2.39. The van der Waals surface area contributed by atoms with Crippen LogP contribution < -0.4 is 20.1 Å². The number of carbonyl (C=O) groups excluding carboxylic acids is 1. The van der Waals surface area contributed by atoms with Gasteiger partial charge in [0.15, 0.2) is 0 Å². The van der Waals surface area contributed by atoms with Crippen LogP contribution in [0.15, 0.2) is 29.1 Å². The van der Waals surface area contributed by atoms with Crippen molar-refractivity contribution in [2.45, 2.75) is 32.4 Å². The van der Waals surface area contributed by atoms with Gasteiger partial charge in [-0.15, -0.1) is 0 Å². The van der Waals surface area contributed by atoms with Crippen LogP contribution in [0.3, 0.4) is 0 Å².